The topological polar surface area (TPSA) is 136 Å². The molecule has 1 aliphatic carbocycles. The van der Waals surface area contributed by atoms with E-state index in [9.17, 15) is 19.8 Å². The monoisotopic (exact) mass is 674 g/mol. The van der Waals surface area contributed by atoms with Gasteiger partial charge in [-0.15, -0.1) is 0 Å². The lowest BCUT2D eigenvalue weighted by atomic mass is 9.98. The van der Waals surface area contributed by atoms with Gasteiger partial charge in [0.25, 0.3) is 0 Å². The van der Waals surface area contributed by atoms with Crippen LogP contribution in [0.15, 0.2) is 78.9 Å². The van der Waals surface area contributed by atoms with Crippen LogP contribution in [-0.2, 0) is 35.0 Å². The Morgan fingerprint density at radius 1 is 0.694 bits per heavy atom. The maximum Gasteiger partial charge on any atom is 0.410 e. The summed E-state index contributed by atoms with van der Waals surface area (Å²) >= 11 is 0. The minimum Gasteiger partial charge on any atom is -0.448 e. The molecule has 0 bridgehead atoms. The van der Waals surface area contributed by atoms with Crippen LogP contribution in [0, 0.1) is 0 Å². The van der Waals surface area contributed by atoms with Gasteiger partial charge in [0.2, 0.25) is 0 Å². The van der Waals surface area contributed by atoms with Crippen molar-refractivity contribution in [3.8, 4) is 11.1 Å². The molecule has 8 rings (SSSR count). The van der Waals surface area contributed by atoms with E-state index in [-0.39, 0.29) is 56.8 Å². The third-order valence-corrected chi connectivity index (χ3v) is 10.2. The van der Waals surface area contributed by atoms with Crippen molar-refractivity contribution in [3.63, 3.8) is 0 Å². The Bertz CT molecular complexity index is 1580. The zero-order valence-corrected chi connectivity index (χ0v) is 27.5. The molecule has 2 N–H and O–H groups in total. The number of likely N-dealkylation sites (tertiary alicyclic amines) is 2. The van der Waals surface area contributed by atoms with E-state index in [4.69, 9.17) is 28.4 Å². The first-order valence-electron chi connectivity index (χ1n) is 16.6. The summed E-state index contributed by atoms with van der Waals surface area (Å²) in [5.41, 5.74) is 5.66. The lowest BCUT2D eigenvalue weighted by Gasteiger charge is -2.25. The molecule has 4 fully saturated rings. The van der Waals surface area contributed by atoms with Gasteiger partial charge in [-0.1, -0.05) is 78.9 Å². The molecular weight excluding hydrogens is 632 g/mol. The number of carbonyl (C=O) groups excluding carboxylic acids is 2. The molecule has 12 heteroatoms. The second-order valence-corrected chi connectivity index (χ2v) is 12.9. The number of benzene rings is 3. The minimum absolute atomic E-state index is 0.0118. The van der Waals surface area contributed by atoms with Crippen LogP contribution < -0.4 is 0 Å². The van der Waals surface area contributed by atoms with Crippen LogP contribution in [0.1, 0.15) is 22.6 Å². The number of aliphatic hydroxyl groups excluding tert-OH is 2. The molecule has 3 aromatic carbocycles. The van der Waals surface area contributed by atoms with E-state index in [2.05, 4.69) is 24.3 Å². The highest BCUT2D eigenvalue weighted by Gasteiger charge is 2.54. The molecule has 260 valence electrons. The summed E-state index contributed by atoms with van der Waals surface area (Å²) in [5.74, 6) is 0.0118. The average Bonchev–Trinajstić information content (AvgIpc) is 3.95. The van der Waals surface area contributed by atoms with Crippen molar-refractivity contribution in [2.45, 2.75) is 61.2 Å². The number of carbonyl (C=O) groups is 2. The standard InChI is InChI=1S/C22H23NO5.C15H19NO5/c1-26-19-10-23(20-18(24)12-27-21(19)20)22(25)28-11-17-15-8-4-2-6-13(15)14-7-3-5-9-16(14)17;1-19-12-7-16(13-11(17)9-20-14(12)13)15(18)21-8-10-5-3-2-4-6-10/h2-9,17-21,24H,10-12H2,1H3;2-6,11-14,17H,7-9H2,1H3/t18-,19-,20+,21+;11-,12-,13+,14+/m00/s1. The Hall–Kier alpha value is -4.04. The van der Waals surface area contributed by atoms with Gasteiger partial charge >= 0.3 is 12.2 Å². The first-order chi connectivity index (χ1) is 23.9. The van der Waals surface area contributed by atoms with E-state index < -0.39 is 36.5 Å². The number of methoxy groups -OCH3 is 2. The highest BCUT2D eigenvalue weighted by molar-refractivity contribution is 5.79. The zero-order valence-electron chi connectivity index (χ0n) is 27.5. The molecular formula is C37H42N2O10. The van der Waals surface area contributed by atoms with E-state index in [0.717, 1.165) is 5.56 Å². The fourth-order valence-corrected chi connectivity index (χ4v) is 7.80. The quantitative estimate of drug-likeness (QED) is 0.401. The third-order valence-electron chi connectivity index (χ3n) is 10.2. The minimum atomic E-state index is -0.717. The zero-order chi connectivity index (χ0) is 34.1. The fraction of sp³-hybridized carbons (Fsp3) is 0.459. The molecule has 49 heavy (non-hydrogen) atoms. The maximum absolute atomic E-state index is 12.9. The summed E-state index contributed by atoms with van der Waals surface area (Å²) in [5, 5.41) is 20.2. The summed E-state index contributed by atoms with van der Waals surface area (Å²) in [4.78, 5) is 28.2. The van der Waals surface area contributed by atoms with Crippen LogP contribution in [0.25, 0.3) is 11.1 Å². The van der Waals surface area contributed by atoms with E-state index in [1.54, 1.807) is 19.1 Å². The third kappa shape index (κ3) is 6.40. The molecule has 0 saturated carbocycles. The number of aliphatic hydroxyl groups is 2. The van der Waals surface area contributed by atoms with Gasteiger partial charge in [0.15, 0.2) is 0 Å². The second kappa shape index (κ2) is 14.4. The molecule has 8 atom stereocenters. The first-order valence-corrected chi connectivity index (χ1v) is 16.6. The maximum atomic E-state index is 12.9. The summed E-state index contributed by atoms with van der Waals surface area (Å²) in [6.45, 7) is 1.63. The number of amides is 2. The molecule has 4 heterocycles. The average molecular weight is 675 g/mol. The van der Waals surface area contributed by atoms with E-state index in [1.165, 1.54) is 27.2 Å². The lowest BCUT2D eigenvalue weighted by Crippen LogP contribution is -2.44. The Morgan fingerprint density at radius 2 is 1.16 bits per heavy atom. The summed E-state index contributed by atoms with van der Waals surface area (Å²) in [6.07, 6.45) is -3.35. The van der Waals surface area contributed by atoms with Crippen LogP contribution in [0.2, 0.25) is 0 Å². The number of hydrogen-bond acceptors (Lipinski definition) is 10. The molecule has 3 aromatic rings. The van der Waals surface area contributed by atoms with Crippen molar-refractivity contribution in [3.05, 3.63) is 95.6 Å². The van der Waals surface area contributed by atoms with E-state index in [1.807, 2.05) is 54.6 Å². The van der Waals surface area contributed by atoms with Gasteiger partial charge in [-0.25, -0.2) is 9.59 Å². The highest BCUT2D eigenvalue weighted by Crippen LogP contribution is 2.44. The van der Waals surface area contributed by atoms with Crippen LogP contribution in [0.4, 0.5) is 9.59 Å². The van der Waals surface area contributed by atoms with Crippen LogP contribution in [0.3, 0.4) is 0 Å². The van der Waals surface area contributed by atoms with Crippen LogP contribution >= 0.6 is 0 Å². The Balaban J connectivity index is 0.000000161. The number of fused-ring (bicyclic) bond motifs is 5. The van der Waals surface area contributed by atoms with Gasteiger partial charge in [0.1, 0.15) is 49.8 Å². The summed E-state index contributed by atoms with van der Waals surface area (Å²) < 4.78 is 33.0. The molecule has 4 aliphatic heterocycles. The Morgan fingerprint density at radius 3 is 1.67 bits per heavy atom. The molecule has 5 aliphatic rings. The Kier molecular flexibility index (Phi) is 9.86. The molecule has 0 unspecified atom stereocenters. The van der Waals surface area contributed by atoms with Gasteiger partial charge in [-0.2, -0.15) is 0 Å². The van der Waals surface area contributed by atoms with Gasteiger partial charge < -0.3 is 38.6 Å². The normalized spacial score (nSPS) is 29.5. The Labute approximate surface area is 285 Å². The second-order valence-electron chi connectivity index (χ2n) is 12.9. The van der Waals surface area contributed by atoms with Crippen LogP contribution in [-0.4, -0.2) is 128 Å². The number of hydrogen-bond donors (Lipinski definition) is 2. The van der Waals surface area contributed by atoms with Crippen molar-refractivity contribution >= 4 is 12.2 Å². The molecule has 0 aromatic heterocycles. The molecule has 0 spiro atoms. The van der Waals surface area contributed by atoms with Gasteiger partial charge in [0.05, 0.1) is 38.4 Å². The number of nitrogens with zero attached hydrogens (tertiary/aromatic N) is 2. The number of ether oxygens (including phenoxy) is 6. The SMILES string of the molecule is CO[C@H]1CN(C(=O)OCC2c3ccccc3-c3ccccc32)[C@H]2[C@@H]1OC[C@@H]2O.CO[C@H]1CN(C(=O)OCc2ccccc2)[C@H]2[C@@H]1OC[C@@H]2O. The van der Waals surface area contributed by atoms with Crippen LogP contribution in [0.5, 0.6) is 0 Å². The van der Waals surface area contributed by atoms with Crippen molar-refractivity contribution in [1.82, 2.24) is 9.80 Å². The van der Waals surface area contributed by atoms with Gasteiger partial charge in [-0.3, -0.25) is 9.80 Å². The fourth-order valence-electron chi connectivity index (χ4n) is 7.80. The van der Waals surface area contributed by atoms with Crippen molar-refractivity contribution in [2.75, 3.05) is 47.1 Å². The smallest absolute Gasteiger partial charge is 0.410 e. The van der Waals surface area contributed by atoms with Gasteiger partial charge in [-0.05, 0) is 27.8 Å². The molecule has 4 saturated heterocycles. The van der Waals surface area contributed by atoms with Crippen molar-refractivity contribution in [1.29, 1.82) is 0 Å². The first kappa shape index (κ1) is 33.5. The van der Waals surface area contributed by atoms with E-state index >= 15 is 0 Å². The highest BCUT2D eigenvalue weighted by atomic mass is 16.6. The predicted octanol–water partition coefficient (Wildman–Crippen LogP) is 3.18. The molecule has 0 radical (unpaired) electrons. The van der Waals surface area contributed by atoms with Crippen molar-refractivity contribution < 1.29 is 48.2 Å². The summed E-state index contributed by atoms with van der Waals surface area (Å²) in [6, 6.07) is 25.2. The number of rotatable bonds is 6. The predicted molar refractivity (Wildman–Crippen MR) is 176 cm³/mol. The van der Waals surface area contributed by atoms with Crippen molar-refractivity contribution in [2.24, 2.45) is 0 Å². The van der Waals surface area contributed by atoms with Gasteiger partial charge in [0, 0.05) is 20.1 Å². The molecule has 2 amide bonds. The molecule has 12 nitrogen and oxygen atoms in total. The summed E-state index contributed by atoms with van der Waals surface area (Å²) in [7, 11) is 3.17. The largest absolute Gasteiger partial charge is 0.448 e. The lowest BCUT2D eigenvalue weighted by molar-refractivity contribution is -0.0108. The van der Waals surface area contributed by atoms with E-state index in [0.29, 0.717) is 13.1 Å².